The number of hydrogen-bond donors (Lipinski definition) is 2. The van der Waals surface area contributed by atoms with E-state index in [1.54, 1.807) is 17.1 Å². The maximum absolute atomic E-state index is 6.28. The van der Waals surface area contributed by atoms with Crippen molar-refractivity contribution in [3.8, 4) is 5.82 Å². The fourth-order valence-electron chi connectivity index (χ4n) is 4.19. The van der Waals surface area contributed by atoms with Crippen molar-refractivity contribution < 1.29 is 0 Å². The number of benzene rings is 1. The van der Waals surface area contributed by atoms with Crippen LogP contribution in [0.25, 0.3) is 5.82 Å². The lowest BCUT2D eigenvalue weighted by molar-refractivity contribution is 0.713. The number of aliphatic imine (C=N–C) groups is 1. The van der Waals surface area contributed by atoms with Crippen LogP contribution < -0.4 is 16.4 Å². The van der Waals surface area contributed by atoms with E-state index >= 15 is 0 Å². The SMILES string of the molecule is C=Nc1c(Br)cc(-n2cccn2)nc1N(Cc1cccnc1N)c1ccc2c(c1)CCC2N.CC.CC. The molecule has 0 bridgehead atoms. The zero-order chi connectivity index (χ0) is 26.9. The normalized spacial score (nSPS) is 13.5. The number of nitrogens with two attached hydrogens (primary N) is 2. The number of aromatic nitrogens is 4. The van der Waals surface area contributed by atoms with E-state index in [-0.39, 0.29) is 6.04 Å². The van der Waals surface area contributed by atoms with E-state index in [1.165, 1.54) is 11.1 Å². The van der Waals surface area contributed by atoms with Gasteiger partial charge in [0.05, 0.1) is 11.0 Å². The number of hydrogen-bond acceptors (Lipinski definition) is 7. The lowest BCUT2D eigenvalue weighted by atomic mass is 10.1. The first-order valence-electron chi connectivity index (χ1n) is 12.6. The molecule has 0 saturated carbocycles. The van der Waals surface area contributed by atoms with Crippen LogP contribution in [0.15, 0.2) is 70.5 Å². The number of aryl methyl sites for hydroxylation is 1. The summed E-state index contributed by atoms with van der Waals surface area (Å²) in [4.78, 5) is 15.6. The van der Waals surface area contributed by atoms with Crippen LogP contribution in [0.2, 0.25) is 0 Å². The van der Waals surface area contributed by atoms with Gasteiger partial charge in [0.15, 0.2) is 11.6 Å². The fourth-order valence-corrected chi connectivity index (χ4v) is 4.69. The molecule has 1 unspecified atom stereocenters. The zero-order valence-electron chi connectivity index (χ0n) is 21.9. The minimum Gasteiger partial charge on any atom is -0.383 e. The van der Waals surface area contributed by atoms with Crippen molar-refractivity contribution in [1.29, 1.82) is 0 Å². The highest BCUT2D eigenvalue weighted by atomic mass is 79.9. The average molecular weight is 564 g/mol. The molecular formula is C28H35BrN8. The van der Waals surface area contributed by atoms with E-state index in [0.29, 0.717) is 29.7 Å². The maximum atomic E-state index is 6.28. The second kappa shape index (κ2) is 13.1. The van der Waals surface area contributed by atoms with Crippen LogP contribution >= 0.6 is 15.9 Å². The summed E-state index contributed by atoms with van der Waals surface area (Å²) < 4.78 is 2.47. The van der Waals surface area contributed by atoms with E-state index in [4.69, 9.17) is 16.5 Å². The number of nitrogens with zero attached hydrogens (tertiary/aromatic N) is 6. The van der Waals surface area contributed by atoms with Crippen LogP contribution in [0.4, 0.5) is 23.0 Å². The lowest BCUT2D eigenvalue weighted by Gasteiger charge is -2.27. The molecule has 0 saturated heterocycles. The highest BCUT2D eigenvalue weighted by Crippen LogP contribution is 2.41. The minimum absolute atomic E-state index is 0.0808. The summed E-state index contributed by atoms with van der Waals surface area (Å²) >= 11 is 3.65. The van der Waals surface area contributed by atoms with E-state index in [2.05, 4.69) is 60.8 Å². The second-order valence-corrected chi connectivity index (χ2v) is 8.76. The molecule has 1 aromatic carbocycles. The monoisotopic (exact) mass is 562 g/mol. The number of halogens is 1. The summed E-state index contributed by atoms with van der Waals surface area (Å²) in [5.41, 5.74) is 17.4. The Balaban J connectivity index is 0.000000907. The molecule has 37 heavy (non-hydrogen) atoms. The van der Waals surface area contributed by atoms with Crippen molar-refractivity contribution in [3.63, 3.8) is 0 Å². The summed E-state index contributed by atoms with van der Waals surface area (Å²) in [7, 11) is 0. The fraction of sp³-hybridized carbons (Fsp3) is 0.286. The highest BCUT2D eigenvalue weighted by molar-refractivity contribution is 9.10. The van der Waals surface area contributed by atoms with Crippen molar-refractivity contribution in [2.24, 2.45) is 10.7 Å². The molecule has 9 heteroatoms. The Hall–Kier alpha value is -3.56. The number of anilines is 3. The van der Waals surface area contributed by atoms with Gasteiger partial charge < -0.3 is 16.4 Å². The average Bonchev–Trinajstić information content (AvgIpc) is 3.60. The van der Waals surface area contributed by atoms with Crippen molar-refractivity contribution in [2.45, 2.75) is 53.1 Å². The van der Waals surface area contributed by atoms with E-state index in [9.17, 15) is 0 Å². The molecule has 3 aromatic heterocycles. The molecule has 0 spiro atoms. The molecule has 3 heterocycles. The number of pyridine rings is 2. The molecule has 0 amide bonds. The predicted molar refractivity (Wildman–Crippen MR) is 157 cm³/mol. The van der Waals surface area contributed by atoms with Gasteiger partial charge in [-0.15, -0.1) is 0 Å². The minimum atomic E-state index is 0.0808. The topological polar surface area (TPSA) is 111 Å². The van der Waals surface area contributed by atoms with Gasteiger partial charge in [-0.05, 0) is 76.9 Å². The Morgan fingerprint density at radius 3 is 2.59 bits per heavy atom. The van der Waals surface area contributed by atoms with Crippen LogP contribution in [0.5, 0.6) is 0 Å². The van der Waals surface area contributed by atoms with Gasteiger partial charge in [-0.3, -0.25) is 4.99 Å². The lowest BCUT2D eigenvalue weighted by Crippen LogP contribution is -2.20. The van der Waals surface area contributed by atoms with Crippen molar-refractivity contribution in [1.82, 2.24) is 19.7 Å². The van der Waals surface area contributed by atoms with Gasteiger partial charge in [-0.2, -0.15) is 5.10 Å². The van der Waals surface area contributed by atoms with Gasteiger partial charge in [0.25, 0.3) is 0 Å². The summed E-state index contributed by atoms with van der Waals surface area (Å²) in [5, 5.41) is 4.33. The Bertz CT molecular complexity index is 1320. The molecular weight excluding hydrogens is 528 g/mol. The number of fused-ring (bicyclic) bond motifs is 1. The molecule has 4 N–H and O–H groups in total. The van der Waals surface area contributed by atoms with Gasteiger partial charge >= 0.3 is 0 Å². The molecule has 8 nitrogen and oxygen atoms in total. The Morgan fingerprint density at radius 2 is 1.92 bits per heavy atom. The molecule has 194 valence electrons. The van der Waals surface area contributed by atoms with E-state index < -0.39 is 0 Å². The Labute approximate surface area is 227 Å². The molecule has 0 aliphatic heterocycles. The van der Waals surface area contributed by atoms with Crippen LogP contribution in [0.1, 0.15) is 56.8 Å². The van der Waals surface area contributed by atoms with Gasteiger partial charge in [-0.1, -0.05) is 39.8 Å². The van der Waals surface area contributed by atoms with E-state index in [1.807, 2.05) is 58.2 Å². The van der Waals surface area contributed by atoms with Gasteiger partial charge in [-0.25, -0.2) is 14.6 Å². The molecule has 1 aliphatic rings. The van der Waals surface area contributed by atoms with Crippen LogP contribution in [0, 0.1) is 0 Å². The van der Waals surface area contributed by atoms with Gasteiger partial charge in [0.1, 0.15) is 11.5 Å². The molecule has 1 atom stereocenters. The summed E-state index contributed by atoms with van der Waals surface area (Å²) in [6.45, 7) is 12.2. The zero-order valence-corrected chi connectivity index (χ0v) is 23.5. The van der Waals surface area contributed by atoms with Crippen molar-refractivity contribution in [2.75, 3.05) is 10.6 Å². The van der Waals surface area contributed by atoms with E-state index in [0.717, 1.165) is 28.6 Å². The second-order valence-electron chi connectivity index (χ2n) is 7.91. The quantitative estimate of drug-likeness (QED) is 0.253. The van der Waals surface area contributed by atoms with Gasteiger partial charge in [0.2, 0.25) is 0 Å². The molecule has 1 aliphatic carbocycles. The Morgan fingerprint density at radius 1 is 1.14 bits per heavy atom. The number of rotatable bonds is 6. The summed E-state index contributed by atoms with van der Waals surface area (Å²) in [6, 6.07) is 14.0. The van der Waals surface area contributed by atoms with Crippen molar-refractivity contribution >= 4 is 45.7 Å². The Kier molecular flexibility index (Phi) is 9.93. The van der Waals surface area contributed by atoms with Crippen LogP contribution in [0.3, 0.4) is 0 Å². The largest absolute Gasteiger partial charge is 0.383 e. The van der Waals surface area contributed by atoms with Crippen LogP contribution in [-0.4, -0.2) is 26.5 Å². The first-order valence-corrected chi connectivity index (χ1v) is 13.4. The summed E-state index contributed by atoms with van der Waals surface area (Å²) in [5.74, 6) is 1.76. The van der Waals surface area contributed by atoms with Crippen LogP contribution in [-0.2, 0) is 13.0 Å². The summed E-state index contributed by atoms with van der Waals surface area (Å²) in [6.07, 6.45) is 7.15. The smallest absolute Gasteiger partial charge is 0.162 e. The third-order valence-electron chi connectivity index (χ3n) is 5.88. The number of nitrogen functional groups attached to an aromatic ring is 1. The molecule has 4 aromatic rings. The highest BCUT2D eigenvalue weighted by Gasteiger charge is 2.24. The maximum Gasteiger partial charge on any atom is 0.162 e. The molecule has 0 fully saturated rings. The standard InChI is InChI=1S/C24H23BrN8.2C2H6/c1-28-22-19(25)13-21(33-11-3-10-30-33)31-24(22)32(14-16-4-2-9-29-23(16)27)17-6-7-18-15(12-17)5-8-20(18)26;2*1-2/h2-4,6-7,9-13,20H,1,5,8,14,26H2,(H2,27,29);2*1-2H3. The first-order chi connectivity index (χ1) is 18.0. The van der Waals surface area contributed by atoms with Gasteiger partial charge in [0, 0.05) is 35.9 Å². The predicted octanol–water partition coefficient (Wildman–Crippen LogP) is 6.68. The molecule has 5 rings (SSSR count). The van der Waals surface area contributed by atoms with Crippen molar-refractivity contribution in [3.05, 3.63) is 82.2 Å². The third kappa shape index (κ3) is 6.06. The first kappa shape index (κ1) is 28.0. The third-order valence-corrected chi connectivity index (χ3v) is 6.49. The molecule has 0 radical (unpaired) electrons.